The zero-order valence-corrected chi connectivity index (χ0v) is 16.4. The zero-order chi connectivity index (χ0) is 18.6. The van der Waals surface area contributed by atoms with E-state index in [1.54, 1.807) is 16.1 Å². The van der Waals surface area contributed by atoms with Crippen molar-refractivity contribution in [1.82, 2.24) is 14.1 Å². The van der Waals surface area contributed by atoms with Crippen LogP contribution in [0.3, 0.4) is 0 Å². The molecule has 0 N–H and O–H groups in total. The van der Waals surface area contributed by atoms with Crippen LogP contribution >= 0.6 is 0 Å². The van der Waals surface area contributed by atoms with E-state index in [9.17, 15) is 18.0 Å². The zero-order valence-electron chi connectivity index (χ0n) is 15.6. The lowest BCUT2D eigenvalue weighted by Gasteiger charge is -2.46. The van der Waals surface area contributed by atoms with E-state index >= 15 is 0 Å². The molecule has 0 aromatic carbocycles. The first kappa shape index (κ1) is 18.6. The number of amides is 2. The Hall–Kier alpha value is -1.15. The van der Waals surface area contributed by atoms with Crippen LogP contribution in [-0.4, -0.2) is 78.9 Å². The molecule has 7 nitrogen and oxygen atoms in total. The van der Waals surface area contributed by atoms with Crippen molar-refractivity contribution in [2.45, 2.75) is 39.2 Å². The van der Waals surface area contributed by atoms with Crippen molar-refractivity contribution in [1.29, 1.82) is 0 Å². The van der Waals surface area contributed by atoms with Crippen molar-refractivity contribution in [3.8, 4) is 0 Å². The second-order valence-electron chi connectivity index (χ2n) is 8.21. The highest BCUT2D eigenvalue weighted by molar-refractivity contribution is 7.89. The Kier molecular flexibility index (Phi) is 4.64. The summed E-state index contributed by atoms with van der Waals surface area (Å²) < 4.78 is 26.6. The summed E-state index contributed by atoms with van der Waals surface area (Å²) in [4.78, 5) is 28.1. The molecule has 8 heteroatoms. The highest BCUT2D eigenvalue weighted by atomic mass is 32.2. The van der Waals surface area contributed by atoms with Crippen LogP contribution in [0.1, 0.15) is 33.6 Å². The molecule has 3 fully saturated rings. The molecular weight excluding hydrogens is 342 g/mol. The molecule has 25 heavy (non-hydrogen) atoms. The molecule has 3 saturated heterocycles. The van der Waals surface area contributed by atoms with Crippen LogP contribution in [0.2, 0.25) is 0 Å². The number of carbonyl (C=O) groups excluding carboxylic acids is 2. The van der Waals surface area contributed by atoms with Gasteiger partial charge in [0, 0.05) is 46.1 Å². The number of piperidine rings is 1. The molecule has 0 radical (unpaired) electrons. The average Bonchev–Trinajstić information content (AvgIpc) is 3.04. The number of sulfonamides is 1. The van der Waals surface area contributed by atoms with E-state index in [2.05, 4.69) is 0 Å². The van der Waals surface area contributed by atoms with Crippen molar-refractivity contribution in [2.24, 2.45) is 17.8 Å². The molecule has 1 spiro atoms. The summed E-state index contributed by atoms with van der Waals surface area (Å²) in [6.45, 7) is 7.38. The van der Waals surface area contributed by atoms with E-state index in [0.29, 0.717) is 39.0 Å². The van der Waals surface area contributed by atoms with E-state index in [0.717, 1.165) is 0 Å². The molecule has 0 aliphatic carbocycles. The Morgan fingerprint density at radius 1 is 1.24 bits per heavy atom. The van der Waals surface area contributed by atoms with Crippen LogP contribution in [0.5, 0.6) is 0 Å². The highest BCUT2D eigenvalue weighted by Gasteiger charge is 2.61. The number of hydrogen-bond acceptors (Lipinski definition) is 4. The summed E-state index contributed by atoms with van der Waals surface area (Å²) in [7, 11) is -1.40. The molecule has 3 aliphatic rings. The quantitative estimate of drug-likeness (QED) is 0.718. The van der Waals surface area contributed by atoms with Gasteiger partial charge in [-0.05, 0) is 18.8 Å². The number of likely N-dealkylation sites (tertiary alicyclic amines) is 2. The molecule has 0 aromatic rings. The number of carbonyl (C=O) groups is 2. The third-order valence-corrected chi connectivity index (χ3v) is 8.54. The Labute approximate surface area is 150 Å². The molecule has 3 heterocycles. The largest absolute Gasteiger partial charge is 0.342 e. The summed E-state index contributed by atoms with van der Waals surface area (Å²) in [6, 6.07) is 0. The van der Waals surface area contributed by atoms with Gasteiger partial charge in [0.2, 0.25) is 21.8 Å². The first-order valence-electron chi connectivity index (χ1n) is 9.09. The summed E-state index contributed by atoms with van der Waals surface area (Å²) in [5.74, 6) is 0.361. The van der Waals surface area contributed by atoms with Gasteiger partial charge in [-0.1, -0.05) is 13.8 Å². The fraction of sp³-hybridized carbons (Fsp3) is 0.882. The number of fused-ring (bicyclic) bond motifs is 2. The minimum Gasteiger partial charge on any atom is -0.342 e. The third kappa shape index (κ3) is 2.97. The molecule has 3 aliphatic heterocycles. The number of hydrogen-bond donors (Lipinski definition) is 0. The van der Waals surface area contributed by atoms with E-state index < -0.39 is 10.0 Å². The smallest absolute Gasteiger partial charge is 0.228 e. The molecule has 142 valence electrons. The summed E-state index contributed by atoms with van der Waals surface area (Å²) in [5.41, 5.74) is -0.310. The predicted octanol–water partition coefficient (Wildman–Crippen LogP) is 0.373. The lowest BCUT2D eigenvalue weighted by atomic mass is 9.75. The van der Waals surface area contributed by atoms with Crippen LogP contribution in [0, 0.1) is 17.8 Å². The van der Waals surface area contributed by atoms with Crippen molar-refractivity contribution in [3.05, 3.63) is 0 Å². The Morgan fingerprint density at radius 2 is 1.84 bits per heavy atom. The SMILES string of the molecule is CC(=O)N1C[C@H]2C(=O)N(C)C3(CCN(S(=O)(=O)CC(C)C)CC3)[C@H]2C1. The van der Waals surface area contributed by atoms with Crippen LogP contribution < -0.4 is 0 Å². The second-order valence-corrected chi connectivity index (χ2v) is 10.2. The summed E-state index contributed by atoms with van der Waals surface area (Å²) in [6.07, 6.45) is 1.30. The molecule has 0 aromatic heterocycles. The van der Waals surface area contributed by atoms with Crippen LogP contribution in [-0.2, 0) is 19.6 Å². The minimum absolute atomic E-state index is 0.0111. The standard InChI is InChI=1S/C17H29N3O4S/c1-12(2)11-25(23,24)20-7-5-17(6-8-20)15-10-19(13(3)21)9-14(15)16(22)18(17)4/h12,14-15H,5-11H2,1-4H3/t14-,15+/m1/s1. The molecule has 2 amide bonds. The lowest BCUT2D eigenvalue weighted by molar-refractivity contribution is -0.135. The normalized spacial score (nSPS) is 29.7. The van der Waals surface area contributed by atoms with Gasteiger partial charge in [-0.15, -0.1) is 0 Å². The maximum absolute atomic E-state index is 12.7. The molecule has 0 saturated carbocycles. The van der Waals surface area contributed by atoms with Crippen molar-refractivity contribution >= 4 is 21.8 Å². The van der Waals surface area contributed by atoms with E-state index in [1.807, 2.05) is 25.8 Å². The first-order valence-corrected chi connectivity index (χ1v) is 10.7. The van der Waals surface area contributed by atoms with Crippen LogP contribution in [0.4, 0.5) is 0 Å². The van der Waals surface area contributed by atoms with Gasteiger partial charge >= 0.3 is 0 Å². The molecule has 2 atom stereocenters. The summed E-state index contributed by atoms with van der Waals surface area (Å²) in [5, 5.41) is 0. The maximum atomic E-state index is 12.7. The maximum Gasteiger partial charge on any atom is 0.228 e. The Balaban J connectivity index is 1.77. The Morgan fingerprint density at radius 3 is 2.36 bits per heavy atom. The van der Waals surface area contributed by atoms with Gasteiger partial charge in [-0.2, -0.15) is 0 Å². The molecule has 0 bridgehead atoms. The third-order valence-electron chi connectivity index (χ3n) is 6.30. The monoisotopic (exact) mass is 371 g/mol. The second kappa shape index (κ2) is 6.23. The first-order chi connectivity index (χ1) is 11.6. The van der Waals surface area contributed by atoms with E-state index in [1.165, 1.54) is 0 Å². The van der Waals surface area contributed by atoms with Gasteiger partial charge in [-0.3, -0.25) is 9.59 Å². The lowest BCUT2D eigenvalue weighted by Crippen LogP contribution is -2.57. The van der Waals surface area contributed by atoms with Crippen LogP contribution in [0.25, 0.3) is 0 Å². The minimum atomic E-state index is -3.24. The number of nitrogens with zero attached hydrogens (tertiary/aromatic N) is 3. The van der Waals surface area contributed by atoms with E-state index in [4.69, 9.17) is 0 Å². The van der Waals surface area contributed by atoms with E-state index in [-0.39, 0.29) is 40.9 Å². The van der Waals surface area contributed by atoms with Gasteiger partial charge in [0.1, 0.15) is 0 Å². The fourth-order valence-corrected chi connectivity index (χ4v) is 6.75. The predicted molar refractivity (Wildman–Crippen MR) is 94.2 cm³/mol. The topological polar surface area (TPSA) is 78.0 Å². The van der Waals surface area contributed by atoms with Gasteiger partial charge in [-0.25, -0.2) is 12.7 Å². The van der Waals surface area contributed by atoms with Gasteiger partial charge in [0.05, 0.1) is 17.2 Å². The van der Waals surface area contributed by atoms with Gasteiger partial charge in [0.25, 0.3) is 0 Å². The van der Waals surface area contributed by atoms with Gasteiger partial charge < -0.3 is 9.80 Å². The van der Waals surface area contributed by atoms with Crippen molar-refractivity contribution < 1.29 is 18.0 Å². The van der Waals surface area contributed by atoms with Crippen molar-refractivity contribution in [3.63, 3.8) is 0 Å². The fourth-order valence-electron chi connectivity index (χ4n) is 4.96. The number of rotatable bonds is 3. The highest BCUT2D eigenvalue weighted by Crippen LogP contribution is 2.49. The molecule has 3 rings (SSSR count). The Bertz CT molecular complexity index is 667. The van der Waals surface area contributed by atoms with Crippen molar-refractivity contribution in [2.75, 3.05) is 39.0 Å². The summed E-state index contributed by atoms with van der Waals surface area (Å²) >= 11 is 0. The van der Waals surface area contributed by atoms with Gasteiger partial charge in [0.15, 0.2) is 0 Å². The molecule has 0 unspecified atom stereocenters. The molecular formula is C17H29N3O4S. The average molecular weight is 372 g/mol. The van der Waals surface area contributed by atoms with Crippen LogP contribution in [0.15, 0.2) is 0 Å².